The molecule has 0 spiro atoms. The predicted molar refractivity (Wildman–Crippen MR) is 112 cm³/mol. The fourth-order valence-electron chi connectivity index (χ4n) is 3.43. The number of ether oxygens (including phenoxy) is 1. The lowest BCUT2D eigenvalue weighted by Crippen LogP contribution is -2.36. The van der Waals surface area contributed by atoms with E-state index in [4.69, 9.17) is 9.84 Å². The first-order valence-electron chi connectivity index (χ1n) is 9.95. The summed E-state index contributed by atoms with van der Waals surface area (Å²) >= 11 is 0. The van der Waals surface area contributed by atoms with Crippen LogP contribution in [0.15, 0.2) is 46.8 Å². The van der Waals surface area contributed by atoms with Crippen molar-refractivity contribution < 1.29 is 24.9 Å². The molecule has 158 valence electrons. The maximum atomic E-state index is 12.2. The zero-order valence-electron chi connectivity index (χ0n) is 17.8. The van der Waals surface area contributed by atoms with Gasteiger partial charge < -0.3 is 20.1 Å². The van der Waals surface area contributed by atoms with Crippen LogP contribution in [0.5, 0.6) is 0 Å². The summed E-state index contributed by atoms with van der Waals surface area (Å²) in [6.07, 6.45) is 9.16. The Kier molecular flexibility index (Phi) is 10.4. The van der Waals surface area contributed by atoms with Crippen LogP contribution in [0.25, 0.3) is 0 Å². The van der Waals surface area contributed by atoms with Gasteiger partial charge in [0.1, 0.15) is 0 Å². The Morgan fingerprint density at radius 3 is 2.50 bits per heavy atom. The molecule has 0 amide bonds. The third-order valence-electron chi connectivity index (χ3n) is 5.31. The van der Waals surface area contributed by atoms with Gasteiger partial charge in [0.15, 0.2) is 11.5 Å². The van der Waals surface area contributed by atoms with Crippen molar-refractivity contribution in [2.24, 2.45) is 11.8 Å². The lowest BCUT2D eigenvalue weighted by molar-refractivity contribution is -0.126. The molecule has 3 N–H and O–H groups in total. The Morgan fingerprint density at radius 1 is 1.21 bits per heavy atom. The molecule has 0 unspecified atom stereocenters. The van der Waals surface area contributed by atoms with Crippen LogP contribution in [-0.2, 0) is 9.53 Å². The van der Waals surface area contributed by atoms with Crippen LogP contribution in [0.3, 0.4) is 0 Å². The lowest BCUT2D eigenvalue weighted by atomic mass is 9.78. The standard InChI is InChI=1S/C23H36O5/c1-15(7-6-8-16(2)11-19(25)12-17(3)14-24)9-10-20-18(4)23(27)22(28-5)13-21(20)26/h8-9,12-13,18-21,24-26H,6-7,10-11,14H2,1-5H3/b15-9-,16-8-,17-12-/t18-,19+,20-,21+/m1/s1. The summed E-state index contributed by atoms with van der Waals surface area (Å²) < 4.78 is 5.04. The van der Waals surface area contributed by atoms with E-state index < -0.39 is 12.2 Å². The molecule has 4 atom stereocenters. The zero-order valence-corrected chi connectivity index (χ0v) is 17.8. The summed E-state index contributed by atoms with van der Waals surface area (Å²) in [6.45, 7) is 7.65. The van der Waals surface area contributed by atoms with E-state index >= 15 is 0 Å². The Balaban J connectivity index is 2.53. The number of Topliss-reactive ketones (excluding diaryl/α,β-unsaturated/α-hetero) is 1. The van der Waals surface area contributed by atoms with E-state index in [1.165, 1.54) is 18.8 Å². The fourth-order valence-corrected chi connectivity index (χ4v) is 3.43. The first-order chi connectivity index (χ1) is 13.2. The maximum absolute atomic E-state index is 12.2. The number of aliphatic hydroxyl groups excluding tert-OH is 3. The van der Waals surface area contributed by atoms with Crippen molar-refractivity contribution in [1.29, 1.82) is 0 Å². The molecule has 0 saturated heterocycles. The van der Waals surface area contributed by atoms with Gasteiger partial charge in [-0.1, -0.05) is 36.3 Å². The molecule has 1 aliphatic rings. The van der Waals surface area contributed by atoms with Gasteiger partial charge in [0.05, 0.1) is 25.9 Å². The van der Waals surface area contributed by atoms with Gasteiger partial charge in [-0.25, -0.2) is 0 Å². The van der Waals surface area contributed by atoms with Gasteiger partial charge in [-0.05, 0) is 58.1 Å². The van der Waals surface area contributed by atoms with E-state index in [9.17, 15) is 15.0 Å². The topological polar surface area (TPSA) is 87.0 Å². The Hall–Kier alpha value is -1.69. The van der Waals surface area contributed by atoms with Crippen molar-refractivity contribution in [3.8, 4) is 0 Å². The number of ketones is 1. The molecular formula is C23H36O5. The van der Waals surface area contributed by atoms with Crippen LogP contribution in [0, 0.1) is 11.8 Å². The van der Waals surface area contributed by atoms with Crippen molar-refractivity contribution in [3.63, 3.8) is 0 Å². The minimum atomic E-state index is -0.675. The minimum Gasteiger partial charge on any atom is -0.493 e. The van der Waals surface area contributed by atoms with Crippen molar-refractivity contribution in [2.45, 2.75) is 65.6 Å². The fraction of sp³-hybridized carbons (Fsp3) is 0.609. The molecule has 0 aromatic heterocycles. The van der Waals surface area contributed by atoms with E-state index in [0.717, 1.165) is 24.0 Å². The number of aliphatic hydroxyl groups is 3. The number of hydrogen-bond acceptors (Lipinski definition) is 5. The van der Waals surface area contributed by atoms with Gasteiger partial charge in [-0.2, -0.15) is 0 Å². The first-order valence-corrected chi connectivity index (χ1v) is 9.95. The highest BCUT2D eigenvalue weighted by atomic mass is 16.5. The summed E-state index contributed by atoms with van der Waals surface area (Å²) in [5.41, 5.74) is 3.10. The van der Waals surface area contributed by atoms with E-state index in [-0.39, 0.29) is 30.0 Å². The largest absolute Gasteiger partial charge is 0.493 e. The number of carbonyl (C=O) groups is 1. The van der Waals surface area contributed by atoms with Gasteiger partial charge in [0.2, 0.25) is 0 Å². The van der Waals surface area contributed by atoms with Crippen LogP contribution >= 0.6 is 0 Å². The molecule has 0 aromatic rings. The zero-order chi connectivity index (χ0) is 21.3. The molecule has 0 radical (unpaired) electrons. The van der Waals surface area contributed by atoms with Crippen molar-refractivity contribution in [3.05, 3.63) is 46.8 Å². The van der Waals surface area contributed by atoms with Crippen molar-refractivity contribution >= 4 is 5.78 Å². The molecule has 0 aromatic carbocycles. The molecule has 28 heavy (non-hydrogen) atoms. The second kappa shape index (κ2) is 12.0. The summed E-state index contributed by atoms with van der Waals surface area (Å²) in [7, 11) is 1.45. The highest BCUT2D eigenvalue weighted by Crippen LogP contribution is 2.30. The lowest BCUT2D eigenvalue weighted by Gasteiger charge is -2.30. The smallest absolute Gasteiger partial charge is 0.200 e. The number of methoxy groups -OCH3 is 1. The van der Waals surface area contributed by atoms with Gasteiger partial charge in [0, 0.05) is 11.8 Å². The van der Waals surface area contributed by atoms with Crippen LogP contribution < -0.4 is 0 Å². The number of allylic oxidation sites excluding steroid dienone is 4. The van der Waals surface area contributed by atoms with E-state index in [2.05, 4.69) is 19.1 Å². The summed E-state index contributed by atoms with van der Waals surface area (Å²) in [5.74, 6) is -0.191. The van der Waals surface area contributed by atoms with Crippen LogP contribution in [0.4, 0.5) is 0 Å². The Labute approximate surface area is 169 Å². The molecule has 0 aliphatic heterocycles. The molecule has 5 nitrogen and oxygen atoms in total. The van der Waals surface area contributed by atoms with Crippen LogP contribution in [-0.4, -0.2) is 47.0 Å². The maximum Gasteiger partial charge on any atom is 0.200 e. The van der Waals surface area contributed by atoms with Crippen LogP contribution in [0.2, 0.25) is 0 Å². The number of hydrogen-bond donors (Lipinski definition) is 3. The van der Waals surface area contributed by atoms with Gasteiger partial charge in [0.25, 0.3) is 0 Å². The second-order valence-electron chi connectivity index (χ2n) is 7.86. The molecule has 1 aliphatic carbocycles. The molecule has 0 bridgehead atoms. The van der Waals surface area contributed by atoms with Crippen molar-refractivity contribution in [1.82, 2.24) is 0 Å². The van der Waals surface area contributed by atoms with E-state index in [0.29, 0.717) is 12.8 Å². The molecular weight excluding hydrogens is 356 g/mol. The monoisotopic (exact) mass is 392 g/mol. The quantitative estimate of drug-likeness (QED) is 0.496. The van der Waals surface area contributed by atoms with E-state index in [1.807, 2.05) is 13.8 Å². The SMILES string of the molecule is COC1=C[C@H](O)[C@H](C/C=C(/C)CC/C=C(/C)C[C@H](O)/C=C(/C)CO)[C@@H](C)C1=O. The molecule has 0 heterocycles. The highest BCUT2D eigenvalue weighted by molar-refractivity contribution is 5.96. The van der Waals surface area contributed by atoms with Gasteiger partial charge >= 0.3 is 0 Å². The third-order valence-corrected chi connectivity index (χ3v) is 5.31. The van der Waals surface area contributed by atoms with Gasteiger partial charge in [-0.15, -0.1) is 0 Å². The molecule has 0 saturated carbocycles. The van der Waals surface area contributed by atoms with E-state index in [1.54, 1.807) is 13.0 Å². The summed E-state index contributed by atoms with van der Waals surface area (Å²) in [6, 6.07) is 0. The Morgan fingerprint density at radius 2 is 1.89 bits per heavy atom. The minimum absolute atomic E-state index is 0.0354. The average Bonchev–Trinajstić information content (AvgIpc) is 2.64. The van der Waals surface area contributed by atoms with Gasteiger partial charge in [-0.3, -0.25) is 4.79 Å². The van der Waals surface area contributed by atoms with Crippen LogP contribution in [0.1, 0.15) is 53.4 Å². The number of rotatable bonds is 10. The normalized spacial score (nSPS) is 25.6. The molecule has 1 rings (SSSR count). The van der Waals surface area contributed by atoms with Crippen molar-refractivity contribution in [2.75, 3.05) is 13.7 Å². The summed E-state index contributed by atoms with van der Waals surface area (Å²) in [4.78, 5) is 12.2. The first kappa shape index (κ1) is 24.3. The number of carbonyl (C=O) groups excluding carboxylic acids is 1. The predicted octanol–water partition coefficient (Wildman–Crippen LogP) is 3.47. The molecule has 5 heteroatoms. The Bertz CT molecular complexity index is 641. The third kappa shape index (κ3) is 7.74. The highest BCUT2D eigenvalue weighted by Gasteiger charge is 2.35. The average molecular weight is 393 g/mol. The second-order valence-corrected chi connectivity index (χ2v) is 7.86. The summed E-state index contributed by atoms with van der Waals surface area (Å²) in [5, 5.41) is 29.2. The molecule has 0 fully saturated rings.